The van der Waals surface area contributed by atoms with Gasteiger partial charge in [-0.1, -0.05) is 12.1 Å². The molecule has 112 valence electrons. The number of aryl methyl sites for hydroxylation is 2. The van der Waals surface area contributed by atoms with Crippen molar-refractivity contribution in [3.63, 3.8) is 0 Å². The maximum atomic E-state index is 13.6. The number of rotatable bonds is 5. The van der Waals surface area contributed by atoms with E-state index in [9.17, 15) is 4.39 Å². The zero-order valence-electron chi connectivity index (χ0n) is 12.6. The van der Waals surface area contributed by atoms with Crippen molar-refractivity contribution in [1.29, 1.82) is 0 Å². The molecule has 2 atom stereocenters. The molecule has 0 aliphatic carbocycles. The molecule has 1 fully saturated rings. The quantitative estimate of drug-likeness (QED) is 0.868. The zero-order chi connectivity index (χ0) is 14.5. The molecule has 2 rings (SSSR count). The minimum Gasteiger partial charge on any atom is -0.379 e. The number of hydrogen-bond donors (Lipinski definition) is 2. The molecule has 1 aliphatic heterocycles. The van der Waals surface area contributed by atoms with E-state index in [0.717, 1.165) is 49.4 Å². The van der Waals surface area contributed by atoms with E-state index in [2.05, 4.69) is 17.6 Å². The second-order valence-electron chi connectivity index (χ2n) is 5.79. The molecule has 2 unspecified atom stereocenters. The molecule has 1 aliphatic rings. The van der Waals surface area contributed by atoms with Crippen LogP contribution in [0.4, 0.5) is 4.39 Å². The molecule has 4 heteroatoms. The van der Waals surface area contributed by atoms with E-state index in [0.29, 0.717) is 12.1 Å². The smallest absolute Gasteiger partial charge is 0.129 e. The summed E-state index contributed by atoms with van der Waals surface area (Å²) in [5, 5.41) is 6.96. The van der Waals surface area contributed by atoms with Crippen molar-refractivity contribution in [1.82, 2.24) is 10.6 Å². The van der Waals surface area contributed by atoms with Crippen LogP contribution in [0, 0.1) is 19.7 Å². The van der Waals surface area contributed by atoms with Crippen LogP contribution >= 0.6 is 0 Å². The number of nitrogens with one attached hydrogen (secondary N) is 2. The van der Waals surface area contributed by atoms with Crippen molar-refractivity contribution in [3.05, 3.63) is 34.6 Å². The third-order valence-corrected chi connectivity index (χ3v) is 3.79. The van der Waals surface area contributed by atoms with Crippen LogP contribution in [-0.2, 0) is 11.3 Å². The first-order valence-corrected chi connectivity index (χ1v) is 7.36. The van der Waals surface area contributed by atoms with Crippen molar-refractivity contribution in [2.24, 2.45) is 0 Å². The van der Waals surface area contributed by atoms with Gasteiger partial charge in [-0.2, -0.15) is 0 Å². The average molecular weight is 280 g/mol. The van der Waals surface area contributed by atoms with Gasteiger partial charge in [0.15, 0.2) is 0 Å². The van der Waals surface area contributed by atoms with Crippen LogP contribution in [0.5, 0.6) is 0 Å². The lowest BCUT2D eigenvalue weighted by atomic mass is 10.0. The van der Waals surface area contributed by atoms with Gasteiger partial charge in [0.1, 0.15) is 5.82 Å². The fourth-order valence-electron chi connectivity index (χ4n) is 2.71. The third kappa shape index (κ3) is 4.27. The van der Waals surface area contributed by atoms with Crippen molar-refractivity contribution in [3.8, 4) is 0 Å². The topological polar surface area (TPSA) is 33.3 Å². The first-order chi connectivity index (χ1) is 9.56. The molecule has 1 aromatic carbocycles. The van der Waals surface area contributed by atoms with Crippen molar-refractivity contribution in [2.45, 2.75) is 45.8 Å². The lowest BCUT2D eigenvalue weighted by Crippen LogP contribution is -2.44. The van der Waals surface area contributed by atoms with Gasteiger partial charge in [-0.25, -0.2) is 4.39 Å². The Hall–Kier alpha value is -0.970. The predicted octanol–water partition coefficient (Wildman–Crippen LogP) is 2.30. The molecular weight excluding hydrogens is 255 g/mol. The molecule has 0 radical (unpaired) electrons. The summed E-state index contributed by atoms with van der Waals surface area (Å²) >= 11 is 0. The SMILES string of the molecule is Cc1cc(CNC(C)CC2COCCN2)cc(C)c1F. The van der Waals surface area contributed by atoms with Crippen molar-refractivity contribution >= 4 is 0 Å². The molecule has 0 bridgehead atoms. The number of hydrogen-bond acceptors (Lipinski definition) is 3. The molecule has 0 aromatic heterocycles. The molecular formula is C16H25FN2O. The van der Waals surface area contributed by atoms with Crippen LogP contribution in [0.1, 0.15) is 30.0 Å². The summed E-state index contributed by atoms with van der Waals surface area (Å²) in [5.41, 5.74) is 2.58. The van der Waals surface area contributed by atoms with Gasteiger partial charge in [-0.05, 0) is 43.9 Å². The van der Waals surface area contributed by atoms with Crippen LogP contribution in [0.3, 0.4) is 0 Å². The van der Waals surface area contributed by atoms with E-state index in [1.165, 1.54) is 0 Å². The van der Waals surface area contributed by atoms with Gasteiger partial charge >= 0.3 is 0 Å². The van der Waals surface area contributed by atoms with Crippen LogP contribution < -0.4 is 10.6 Å². The minimum atomic E-state index is -0.0923. The van der Waals surface area contributed by atoms with E-state index >= 15 is 0 Å². The number of morpholine rings is 1. The fourth-order valence-corrected chi connectivity index (χ4v) is 2.71. The molecule has 0 saturated carbocycles. The molecule has 3 nitrogen and oxygen atoms in total. The van der Waals surface area contributed by atoms with Gasteiger partial charge in [0.05, 0.1) is 13.2 Å². The highest BCUT2D eigenvalue weighted by atomic mass is 19.1. The Morgan fingerprint density at radius 3 is 2.70 bits per heavy atom. The Morgan fingerprint density at radius 2 is 2.10 bits per heavy atom. The predicted molar refractivity (Wildman–Crippen MR) is 79.4 cm³/mol. The molecule has 20 heavy (non-hydrogen) atoms. The highest BCUT2D eigenvalue weighted by Gasteiger charge is 2.16. The van der Waals surface area contributed by atoms with Crippen LogP contribution in [0.25, 0.3) is 0 Å². The van der Waals surface area contributed by atoms with E-state index in [1.54, 1.807) is 0 Å². The van der Waals surface area contributed by atoms with E-state index in [4.69, 9.17) is 4.74 Å². The summed E-state index contributed by atoms with van der Waals surface area (Å²) in [5.74, 6) is -0.0923. The first-order valence-electron chi connectivity index (χ1n) is 7.36. The average Bonchev–Trinajstić information content (AvgIpc) is 2.43. The largest absolute Gasteiger partial charge is 0.379 e. The Balaban J connectivity index is 1.82. The zero-order valence-corrected chi connectivity index (χ0v) is 12.6. The maximum absolute atomic E-state index is 13.6. The Bertz CT molecular complexity index is 421. The van der Waals surface area contributed by atoms with Gasteiger partial charge in [0.2, 0.25) is 0 Å². The van der Waals surface area contributed by atoms with Crippen molar-refractivity contribution in [2.75, 3.05) is 19.8 Å². The summed E-state index contributed by atoms with van der Waals surface area (Å²) < 4.78 is 19.0. The third-order valence-electron chi connectivity index (χ3n) is 3.79. The molecule has 1 aromatic rings. The lowest BCUT2D eigenvalue weighted by molar-refractivity contribution is 0.0712. The highest BCUT2D eigenvalue weighted by molar-refractivity contribution is 5.30. The summed E-state index contributed by atoms with van der Waals surface area (Å²) in [6, 6.07) is 4.68. The van der Waals surface area contributed by atoms with Gasteiger partial charge < -0.3 is 15.4 Å². The van der Waals surface area contributed by atoms with Crippen molar-refractivity contribution < 1.29 is 9.13 Å². The second-order valence-corrected chi connectivity index (χ2v) is 5.79. The Labute approximate surface area is 120 Å². The van der Waals surface area contributed by atoms with E-state index < -0.39 is 0 Å². The van der Waals surface area contributed by atoms with Gasteiger partial charge in [-0.3, -0.25) is 0 Å². The van der Waals surface area contributed by atoms with Crippen LogP contribution in [0.15, 0.2) is 12.1 Å². The summed E-state index contributed by atoms with van der Waals surface area (Å²) in [7, 11) is 0. The van der Waals surface area contributed by atoms with E-state index in [-0.39, 0.29) is 5.82 Å². The number of halogens is 1. The summed E-state index contributed by atoms with van der Waals surface area (Å²) in [6.45, 7) is 9.13. The van der Waals surface area contributed by atoms with E-state index in [1.807, 2.05) is 26.0 Å². The maximum Gasteiger partial charge on any atom is 0.129 e. The second kappa shape index (κ2) is 7.16. The van der Waals surface area contributed by atoms with Gasteiger partial charge in [-0.15, -0.1) is 0 Å². The highest BCUT2D eigenvalue weighted by Crippen LogP contribution is 2.15. The molecule has 0 amide bonds. The summed E-state index contributed by atoms with van der Waals surface area (Å²) in [4.78, 5) is 0. The van der Waals surface area contributed by atoms with Crippen LogP contribution in [-0.4, -0.2) is 31.8 Å². The number of ether oxygens (including phenoxy) is 1. The minimum absolute atomic E-state index is 0.0923. The molecule has 0 spiro atoms. The Morgan fingerprint density at radius 1 is 1.40 bits per heavy atom. The molecule has 2 N–H and O–H groups in total. The molecule has 1 saturated heterocycles. The Kier molecular flexibility index (Phi) is 5.52. The fraction of sp³-hybridized carbons (Fsp3) is 0.625. The summed E-state index contributed by atoms with van der Waals surface area (Å²) in [6.07, 6.45) is 1.04. The molecule has 1 heterocycles. The normalized spacial score (nSPS) is 20.9. The van der Waals surface area contributed by atoms with Gasteiger partial charge in [0, 0.05) is 25.2 Å². The van der Waals surface area contributed by atoms with Gasteiger partial charge in [0.25, 0.3) is 0 Å². The lowest BCUT2D eigenvalue weighted by Gasteiger charge is -2.26. The first kappa shape index (κ1) is 15.4. The monoisotopic (exact) mass is 280 g/mol. The standard InChI is InChI=1S/C16H25FN2O/c1-11-6-14(7-12(2)16(11)17)9-19-13(3)8-15-10-20-5-4-18-15/h6-7,13,15,18-19H,4-5,8-10H2,1-3H3. The number of benzene rings is 1. The van der Waals surface area contributed by atoms with Crippen LogP contribution in [0.2, 0.25) is 0 Å².